The number of hydrogen-bond donors (Lipinski definition) is 9. The molecule has 1 unspecified atom stereocenters. The molecule has 9 N–H and O–H groups in total. The Labute approximate surface area is 268 Å². The van der Waals surface area contributed by atoms with E-state index < -0.39 is 105 Å². The molecule has 0 saturated carbocycles. The van der Waals surface area contributed by atoms with Crippen LogP contribution < -0.4 is 14.2 Å². The van der Waals surface area contributed by atoms with Gasteiger partial charge in [0.05, 0.1) is 45.9 Å². The summed E-state index contributed by atoms with van der Waals surface area (Å²) in [6.45, 7) is -0.417. The second-order valence-electron chi connectivity index (χ2n) is 11.2. The number of methoxy groups -OCH3 is 2. The van der Waals surface area contributed by atoms with Gasteiger partial charge in [-0.1, -0.05) is 6.08 Å². The fraction of sp³-hybridized carbons (Fsp3) is 0.655. The van der Waals surface area contributed by atoms with Gasteiger partial charge < -0.3 is 79.1 Å². The number of carboxylic acids is 1. The molecule has 2 heterocycles. The molecule has 0 bridgehead atoms. The fourth-order valence-corrected chi connectivity index (χ4v) is 4.99. The number of aliphatic carboxylic acids is 1. The van der Waals surface area contributed by atoms with Crippen LogP contribution in [0.4, 0.5) is 0 Å². The highest BCUT2D eigenvalue weighted by molar-refractivity contribution is 5.74. The quantitative estimate of drug-likeness (QED) is 0.0830. The maximum absolute atomic E-state index is 12.7. The Kier molecular flexibility index (Phi) is 13.7. The molecule has 3 rings (SSSR count). The number of carboxylic acid groups (broad SMARTS) is 1. The first-order valence-corrected chi connectivity index (χ1v) is 14.4. The Morgan fingerprint density at radius 3 is 1.81 bits per heavy atom. The summed E-state index contributed by atoms with van der Waals surface area (Å²) < 4.78 is 37.9. The number of aliphatic hydroxyl groups excluding tert-OH is 8. The molecule has 1 aromatic rings. The van der Waals surface area contributed by atoms with E-state index in [-0.39, 0.29) is 23.9 Å². The van der Waals surface area contributed by atoms with Gasteiger partial charge in [-0.25, -0.2) is 0 Å². The van der Waals surface area contributed by atoms with Crippen molar-refractivity contribution in [2.75, 3.05) is 34.0 Å². The van der Waals surface area contributed by atoms with Crippen molar-refractivity contribution in [1.82, 2.24) is 0 Å². The van der Waals surface area contributed by atoms with Crippen LogP contribution in [0.25, 0.3) is 6.08 Å². The van der Waals surface area contributed by atoms with Crippen LogP contribution in [0, 0.1) is 0 Å². The summed E-state index contributed by atoms with van der Waals surface area (Å²) >= 11 is 0. The minimum Gasteiger partial charge on any atom is -0.493 e. The summed E-state index contributed by atoms with van der Waals surface area (Å²) in [6.07, 6.45) is -14.3. The Hall–Kier alpha value is -3.14. The lowest BCUT2D eigenvalue weighted by Crippen LogP contribution is -2.60. The summed E-state index contributed by atoms with van der Waals surface area (Å²) in [5.74, 6) is -2.06. The molecule has 2 fully saturated rings. The van der Waals surface area contributed by atoms with Gasteiger partial charge in [0.25, 0.3) is 0 Å². The van der Waals surface area contributed by atoms with Crippen LogP contribution >= 0.6 is 0 Å². The maximum Gasteiger partial charge on any atom is 0.309 e. The van der Waals surface area contributed by atoms with E-state index in [1.165, 1.54) is 45.4 Å². The van der Waals surface area contributed by atoms with E-state index >= 15 is 0 Å². The van der Waals surface area contributed by atoms with E-state index in [9.17, 15) is 55.5 Å². The molecule has 266 valence electrons. The zero-order chi connectivity index (χ0) is 35.1. The minimum absolute atomic E-state index is 0.0278. The van der Waals surface area contributed by atoms with E-state index in [1.807, 2.05) is 0 Å². The second-order valence-corrected chi connectivity index (χ2v) is 11.2. The normalized spacial score (nSPS) is 32.4. The molecule has 0 radical (unpaired) electrons. The molecule has 2 saturated heterocycles. The number of hydrogen-bond acceptors (Lipinski definition) is 17. The molecule has 2 aliphatic rings. The second kappa shape index (κ2) is 16.8. The van der Waals surface area contributed by atoms with Crippen molar-refractivity contribution in [3.05, 3.63) is 23.8 Å². The molecule has 47 heavy (non-hydrogen) atoms. The first-order chi connectivity index (χ1) is 22.2. The van der Waals surface area contributed by atoms with Gasteiger partial charge in [0, 0.05) is 0 Å². The molecule has 2 aliphatic heterocycles. The smallest absolute Gasteiger partial charge is 0.309 e. The molecule has 1 aromatic carbocycles. The van der Waals surface area contributed by atoms with Crippen LogP contribution in [0.1, 0.15) is 25.3 Å². The van der Waals surface area contributed by atoms with E-state index in [1.54, 1.807) is 0 Å². The molecule has 0 amide bonds. The summed E-state index contributed by atoms with van der Waals surface area (Å²) in [4.78, 5) is 24.2. The Balaban J connectivity index is 1.66. The van der Waals surface area contributed by atoms with E-state index in [2.05, 4.69) is 0 Å². The standard InChI is InChI=1S/C29H42O18/c1-29(9-18(32)33,47-28-25(40)23(38)21(36)17(12-31)45-28)10-19(34)43-6-4-5-13-7-14(41-2)26(15(8-13)42-3)46-27-24(39)22(37)20(35)16(11-30)44-27/h4-5,7-8,16-17,20-25,27-28,30-31,35-40H,6,9-12H2,1-3H3,(H,32,33)/t16-,17-,20-,21-,22+,23+,24-,25-,27+,28+,29?/m1/s1. The van der Waals surface area contributed by atoms with Crippen molar-refractivity contribution in [3.8, 4) is 17.2 Å². The number of aliphatic hydroxyl groups is 8. The average Bonchev–Trinajstić information content (AvgIpc) is 3.03. The van der Waals surface area contributed by atoms with Gasteiger partial charge in [0.1, 0.15) is 55.4 Å². The van der Waals surface area contributed by atoms with Crippen LogP contribution in [0.3, 0.4) is 0 Å². The lowest BCUT2D eigenvalue weighted by Gasteiger charge is -2.42. The molecule has 0 aliphatic carbocycles. The molecular formula is C29H42O18. The maximum atomic E-state index is 12.7. The van der Waals surface area contributed by atoms with Crippen molar-refractivity contribution in [1.29, 1.82) is 0 Å². The molecule has 0 aromatic heterocycles. The average molecular weight is 679 g/mol. The lowest BCUT2D eigenvalue weighted by molar-refractivity contribution is -0.325. The Bertz CT molecular complexity index is 1200. The van der Waals surface area contributed by atoms with Gasteiger partial charge in [-0.15, -0.1) is 0 Å². The number of rotatable bonds is 15. The highest BCUT2D eigenvalue weighted by Gasteiger charge is 2.48. The lowest BCUT2D eigenvalue weighted by atomic mass is 9.95. The largest absolute Gasteiger partial charge is 0.493 e. The number of esters is 1. The van der Waals surface area contributed by atoms with Crippen molar-refractivity contribution < 1.29 is 88.7 Å². The molecule has 18 nitrogen and oxygen atoms in total. The van der Waals surface area contributed by atoms with Crippen molar-refractivity contribution in [2.45, 2.75) is 86.8 Å². The minimum atomic E-state index is -1.82. The SMILES string of the molecule is COc1cc(C=CCOC(=O)CC(C)(CC(=O)O)O[C@@H]2O[C@H](CO)[C@@H](O)[C@H](O)[C@H]2O)cc(OC)c1O[C@@H]1O[C@H](CO)[C@@H](O)[C@H](O)[C@H]1O. The molecular weight excluding hydrogens is 636 g/mol. The third-order valence-electron chi connectivity index (χ3n) is 7.51. The first-order valence-electron chi connectivity index (χ1n) is 14.4. The summed E-state index contributed by atoms with van der Waals surface area (Å²) in [7, 11) is 2.65. The third-order valence-corrected chi connectivity index (χ3v) is 7.51. The van der Waals surface area contributed by atoms with E-state index in [4.69, 9.17) is 33.2 Å². The summed E-state index contributed by atoms with van der Waals surface area (Å²) in [5.41, 5.74) is -1.32. The summed E-state index contributed by atoms with van der Waals surface area (Å²) in [6, 6.07) is 3.00. The number of ether oxygens (including phenoxy) is 7. The zero-order valence-corrected chi connectivity index (χ0v) is 25.8. The highest BCUT2D eigenvalue weighted by atomic mass is 16.7. The van der Waals surface area contributed by atoms with Crippen LogP contribution in [0.2, 0.25) is 0 Å². The van der Waals surface area contributed by atoms with Crippen molar-refractivity contribution >= 4 is 18.0 Å². The fourth-order valence-electron chi connectivity index (χ4n) is 4.99. The Morgan fingerprint density at radius 1 is 0.809 bits per heavy atom. The van der Waals surface area contributed by atoms with Crippen molar-refractivity contribution in [3.63, 3.8) is 0 Å². The van der Waals surface area contributed by atoms with Gasteiger partial charge in [-0.2, -0.15) is 0 Å². The Morgan fingerprint density at radius 2 is 1.32 bits per heavy atom. The molecule has 11 atom stereocenters. The van der Waals surface area contributed by atoms with Crippen LogP contribution in [0.5, 0.6) is 17.2 Å². The van der Waals surface area contributed by atoms with Gasteiger partial charge >= 0.3 is 11.9 Å². The number of carbonyl (C=O) groups excluding carboxylic acids is 1. The van der Waals surface area contributed by atoms with Gasteiger partial charge in [-0.05, 0) is 30.7 Å². The van der Waals surface area contributed by atoms with E-state index in [0.29, 0.717) is 5.56 Å². The van der Waals surface area contributed by atoms with Gasteiger partial charge in [-0.3, -0.25) is 9.59 Å². The van der Waals surface area contributed by atoms with Gasteiger partial charge in [0.2, 0.25) is 12.0 Å². The van der Waals surface area contributed by atoms with Crippen LogP contribution in [0.15, 0.2) is 18.2 Å². The molecule has 0 spiro atoms. The topological polar surface area (TPSA) is 281 Å². The van der Waals surface area contributed by atoms with Crippen molar-refractivity contribution in [2.24, 2.45) is 0 Å². The zero-order valence-electron chi connectivity index (χ0n) is 25.8. The first kappa shape index (κ1) is 38.3. The van der Waals surface area contributed by atoms with Gasteiger partial charge in [0.15, 0.2) is 17.8 Å². The van der Waals surface area contributed by atoms with E-state index in [0.717, 1.165) is 0 Å². The summed E-state index contributed by atoms with van der Waals surface area (Å²) in [5, 5.41) is 88.9. The van der Waals surface area contributed by atoms with Crippen LogP contribution in [-0.2, 0) is 28.5 Å². The number of benzene rings is 1. The predicted molar refractivity (Wildman–Crippen MR) is 154 cm³/mol. The van der Waals surface area contributed by atoms with Crippen LogP contribution in [-0.4, -0.2) is 159 Å². The number of carbonyl (C=O) groups is 2. The third kappa shape index (κ3) is 9.48. The highest BCUT2D eigenvalue weighted by Crippen LogP contribution is 2.41. The monoisotopic (exact) mass is 678 g/mol. The molecule has 18 heteroatoms. The predicted octanol–water partition coefficient (Wildman–Crippen LogP) is -3.12.